The summed E-state index contributed by atoms with van der Waals surface area (Å²) in [7, 11) is 3.83. The van der Waals surface area contributed by atoms with E-state index >= 15 is 0 Å². The van der Waals surface area contributed by atoms with Crippen LogP contribution in [0.1, 0.15) is 24.0 Å². The molecule has 5 heteroatoms. The van der Waals surface area contributed by atoms with Gasteiger partial charge >= 0.3 is 0 Å². The monoisotopic (exact) mass is 397 g/mol. The van der Waals surface area contributed by atoms with E-state index in [1.54, 1.807) is 0 Å². The molecule has 0 bridgehead atoms. The van der Waals surface area contributed by atoms with Crippen molar-refractivity contribution in [1.82, 2.24) is 9.80 Å². The maximum atomic E-state index is 12.4. The lowest BCUT2D eigenvalue weighted by Crippen LogP contribution is -2.47. The van der Waals surface area contributed by atoms with Crippen LogP contribution in [0.15, 0.2) is 60.7 Å². The van der Waals surface area contributed by atoms with Crippen molar-refractivity contribution >= 4 is 18.3 Å². The summed E-state index contributed by atoms with van der Waals surface area (Å²) in [6.07, 6.45) is 1.66. The van der Waals surface area contributed by atoms with Gasteiger partial charge in [-0.2, -0.15) is 5.26 Å². The zero-order valence-corrected chi connectivity index (χ0v) is 17.4. The fraction of sp³-hybridized carbons (Fsp3) is 0.391. The minimum atomic E-state index is -0.681. The summed E-state index contributed by atoms with van der Waals surface area (Å²) in [6.45, 7) is 1.85. The van der Waals surface area contributed by atoms with Gasteiger partial charge in [0.15, 0.2) is 0 Å². The number of carbonyl (C=O) groups is 1. The number of carbonyl (C=O) groups excluding carboxylic acids is 1. The molecule has 0 N–H and O–H groups in total. The molecule has 1 aliphatic heterocycles. The van der Waals surface area contributed by atoms with Crippen LogP contribution in [-0.4, -0.2) is 49.4 Å². The Kier molecular flexibility index (Phi) is 7.62. The number of hydrogen-bond donors (Lipinski definition) is 0. The number of halogens is 1. The molecular formula is C23H28ClN3O. The molecule has 0 spiro atoms. The van der Waals surface area contributed by atoms with Crippen molar-refractivity contribution in [2.24, 2.45) is 5.92 Å². The molecule has 4 nitrogen and oxygen atoms in total. The Morgan fingerprint density at radius 3 is 1.89 bits per heavy atom. The first-order valence-electron chi connectivity index (χ1n) is 9.52. The largest absolute Gasteiger partial charge is 0.342 e. The lowest BCUT2D eigenvalue weighted by atomic mass is 9.64. The molecule has 0 atom stereocenters. The topological polar surface area (TPSA) is 47.3 Å². The molecule has 2 aromatic rings. The SMILES string of the molecule is CN(C)CC(=O)N1CCC(C(C#N)(c2ccccc2)c2ccccc2)CC1.Cl. The second-order valence-corrected chi connectivity index (χ2v) is 7.54. The molecule has 0 radical (unpaired) electrons. The third kappa shape index (κ3) is 4.38. The average Bonchev–Trinajstić information content (AvgIpc) is 2.71. The van der Waals surface area contributed by atoms with E-state index in [0.717, 1.165) is 24.0 Å². The molecule has 0 saturated carbocycles. The molecule has 148 valence electrons. The number of likely N-dealkylation sites (N-methyl/N-ethyl adjacent to an activating group) is 1. The first-order chi connectivity index (χ1) is 13.1. The minimum Gasteiger partial charge on any atom is -0.342 e. The Labute approximate surface area is 174 Å². The highest BCUT2D eigenvalue weighted by Crippen LogP contribution is 2.43. The van der Waals surface area contributed by atoms with E-state index in [1.807, 2.05) is 60.3 Å². The van der Waals surface area contributed by atoms with Crippen molar-refractivity contribution in [2.45, 2.75) is 18.3 Å². The van der Waals surface area contributed by atoms with Crippen LogP contribution in [-0.2, 0) is 10.2 Å². The normalized spacial score (nSPS) is 15.0. The number of nitrogens with zero attached hydrogens (tertiary/aromatic N) is 3. The van der Waals surface area contributed by atoms with Crippen LogP contribution in [0.4, 0.5) is 0 Å². The molecule has 1 fully saturated rings. The van der Waals surface area contributed by atoms with Crippen molar-refractivity contribution in [1.29, 1.82) is 5.26 Å². The lowest BCUT2D eigenvalue weighted by Gasteiger charge is -2.41. The Morgan fingerprint density at radius 1 is 1.04 bits per heavy atom. The number of hydrogen-bond acceptors (Lipinski definition) is 3. The Morgan fingerprint density at radius 2 is 1.50 bits per heavy atom. The molecule has 0 aromatic heterocycles. The van der Waals surface area contributed by atoms with Gasteiger partial charge in [0.2, 0.25) is 5.91 Å². The van der Waals surface area contributed by atoms with Crippen molar-refractivity contribution in [3.8, 4) is 6.07 Å². The molecule has 1 aliphatic rings. The van der Waals surface area contributed by atoms with Crippen LogP contribution in [0.3, 0.4) is 0 Å². The standard InChI is InChI=1S/C23H27N3O.ClH/c1-25(2)17-22(27)26-15-13-21(14-16-26)23(18-24,19-9-5-3-6-10-19)20-11-7-4-8-12-20;/h3-12,21H,13-17H2,1-2H3;1H. The first kappa shape index (κ1) is 21.9. The fourth-order valence-corrected chi connectivity index (χ4v) is 4.19. The van der Waals surface area contributed by atoms with Gasteiger partial charge in [0.1, 0.15) is 5.41 Å². The van der Waals surface area contributed by atoms with Gasteiger partial charge in [0, 0.05) is 13.1 Å². The van der Waals surface area contributed by atoms with E-state index in [2.05, 4.69) is 30.3 Å². The maximum absolute atomic E-state index is 12.4. The van der Waals surface area contributed by atoms with E-state index < -0.39 is 5.41 Å². The van der Waals surface area contributed by atoms with E-state index in [9.17, 15) is 10.1 Å². The van der Waals surface area contributed by atoms with Gasteiger partial charge in [-0.15, -0.1) is 12.4 Å². The van der Waals surface area contributed by atoms with Crippen LogP contribution in [0.2, 0.25) is 0 Å². The van der Waals surface area contributed by atoms with Crippen molar-refractivity contribution in [2.75, 3.05) is 33.7 Å². The van der Waals surface area contributed by atoms with Crippen molar-refractivity contribution in [3.05, 3.63) is 71.8 Å². The molecule has 0 aliphatic carbocycles. The van der Waals surface area contributed by atoms with E-state index in [0.29, 0.717) is 19.6 Å². The van der Waals surface area contributed by atoms with Crippen LogP contribution < -0.4 is 0 Å². The highest BCUT2D eigenvalue weighted by atomic mass is 35.5. The minimum absolute atomic E-state index is 0. The van der Waals surface area contributed by atoms with Crippen LogP contribution in [0.25, 0.3) is 0 Å². The number of piperidine rings is 1. The van der Waals surface area contributed by atoms with Gasteiger partial charge in [-0.1, -0.05) is 60.7 Å². The maximum Gasteiger partial charge on any atom is 0.236 e. The van der Waals surface area contributed by atoms with Gasteiger partial charge < -0.3 is 9.80 Å². The predicted molar refractivity (Wildman–Crippen MR) is 114 cm³/mol. The highest BCUT2D eigenvalue weighted by molar-refractivity contribution is 5.85. The second-order valence-electron chi connectivity index (χ2n) is 7.54. The third-order valence-corrected chi connectivity index (χ3v) is 5.55. The summed E-state index contributed by atoms with van der Waals surface area (Å²) < 4.78 is 0. The van der Waals surface area contributed by atoms with Gasteiger partial charge in [0.05, 0.1) is 12.6 Å². The Balaban J connectivity index is 0.00000280. The third-order valence-electron chi connectivity index (χ3n) is 5.55. The van der Waals surface area contributed by atoms with Gasteiger partial charge in [-0.05, 0) is 44.0 Å². The summed E-state index contributed by atoms with van der Waals surface area (Å²) >= 11 is 0. The second kappa shape index (κ2) is 9.73. The molecule has 2 aromatic carbocycles. The van der Waals surface area contributed by atoms with Gasteiger partial charge in [-0.3, -0.25) is 4.79 Å². The number of rotatable bonds is 5. The molecule has 1 saturated heterocycles. The van der Waals surface area contributed by atoms with Crippen molar-refractivity contribution in [3.63, 3.8) is 0 Å². The van der Waals surface area contributed by atoms with E-state index in [1.165, 1.54) is 0 Å². The summed E-state index contributed by atoms with van der Waals surface area (Å²) in [5.41, 5.74) is 1.40. The Bertz CT molecular complexity index is 754. The summed E-state index contributed by atoms with van der Waals surface area (Å²) in [5.74, 6) is 0.344. The summed E-state index contributed by atoms with van der Waals surface area (Å²) in [6, 6.07) is 22.9. The molecule has 3 rings (SSSR count). The number of amides is 1. The number of nitriles is 1. The number of benzene rings is 2. The number of likely N-dealkylation sites (tertiary alicyclic amines) is 1. The lowest BCUT2D eigenvalue weighted by molar-refractivity contribution is -0.133. The Hall–Kier alpha value is -2.35. The molecule has 1 amide bonds. The van der Waals surface area contributed by atoms with Crippen LogP contribution in [0.5, 0.6) is 0 Å². The zero-order chi connectivity index (χ0) is 19.3. The fourth-order valence-electron chi connectivity index (χ4n) is 4.19. The van der Waals surface area contributed by atoms with Gasteiger partial charge in [-0.25, -0.2) is 0 Å². The molecule has 1 heterocycles. The first-order valence-corrected chi connectivity index (χ1v) is 9.52. The smallest absolute Gasteiger partial charge is 0.236 e. The van der Waals surface area contributed by atoms with E-state index in [4.69, 9.17) is 0 Å². The zero-order valence-electron chi connectivity index (χ0n) is 16.5. The quantitative estimate of drug-likeness (QED) is 0.772. The van der Waals surface area contributed by atoms with Crippen LogP contribution >= 0.6 is 12.4 Å². The predicted octanol–water partition coefficient (Wildman–Crippen LogP) is 3.72. The molecular weight excluding hydrogens is 370 g/mol. The molecule has 28 heavy (non-hydrogen) atoms. The summed E-state index contributed by atoms with van der Waals surface area (Å²) in [4.78, 5) is 16.2. The van der Waals surface area contributed by atoms with Crippen molar-refractivity contribution < 1.29 is 4.79 Å². The summed E-state index contributed by atoms with van der Waals surface area (Å²) in [5, 5.41) is 10.4. The highest BCUT2D eigenvalue weighted by Gasteiger charge is 2.44. The van der Waals surface area contributed by atoms with Gasteiger partial charge in [0.25, 0.3) is 0 Å². The molecule has 0 unspecified atom stereocenters. The van der Waals surface area contributed by atoms with Crippen LogP contribution in [0, 0.1) is 17.2 Å². The average molecular weight is 398 g/mol. The van der Waals surface area contributed by atoms with E-state index in [-0.39, 0.29) is 24.2 Å².